The van der Waals surface area contributed by atoms with Crippen LogP contribution in [0.1, 0.15) is 37.7 Å². The van der Waals surface area contributed by atoms with Crippen LogP contribution in [-0.4, -0.2) is 71.7 Å². The molecular weight excluding hydrogens is 354 g/mol. The molecule has 0 unspecified atom stereocenters. The average molecular weight is 383 g/mol. The molecule has 3 fully saturated rings. The van der Waals surface area contributed by atoms with E-state index in [1.807, 2.05) is 32.9 Å². The number of benzene rings is 1. The molecule has 0 aromatic heterocycles. The minimum atomic E-state index is 0.0174. The number of rotatable bonds is 3. The summed E-state index contributed by atoms with van der Waals surface area (Å²) in [5.41, 5.74) is 1.26. The summed E-state index contributed by atoms with van der Waals surface area (Å²) in [6.07, 6.45) is 2.44. The van der Waals surface area contributed by atoms with Crippen LogP contribution in [0, 0.1) is 11.8 Å². The van der Waals surface area contributed by atoms with Crippen molar-refractivity contribution < 1.29 is 14.4 Å². The molecule has 6 heteroatoms. The summed E-state index contributed by atoms with van der Waals surface area (Å²) in [6.45, 7) is 5.45. The highest BCUT2D eigenvalue weighted by Crippen LogP contribution is 2.48. The monoisotopic (exact) mass is 383 g/mol. The first-order valence-corrected chi connectivity index (χ1v) is 10.4. The van der Waals surface area contributed by atoms with Crippen LogP contribution < -0.4 is 0 Å². The zero-order chi connectivity index (χ0) is 19.7. The Bertz CT molecular complexity index is 735. The molecule has 4 rings (SSSR count). The van der Waals surface area contributed by atoms with Gasteiger partial charge in [0, 0.05) is 58.0 Å². The smallest absolute Gasteiger partial charge is 0.226 e. The van der Waals surface area contributed by atoms with Gasteiger partial charge in [0.2, 0.25) is 17.7 Å². The lowest BCUT2D eigenvalue weighted by Gasteiger charge is -2.38. The molecule has 150 valence electrons. The fourth-order valence-electron chi connectivity index (χ4n) is 4.62. The second-order valence-electron chi connectivity index (χ2n) is 8.29. The number of carbonyl (C=O) groups excluding carboxylic acids is 3. The topological polar surface area (TPSA) is 60.9 Å². The summed E-state index contributed by atoms with van der Waals surface area (Å²) in [7, 11) is 0. The van der Waals surface area contributed by atoms with E-state index >= 15 is 0 Å². The van der Waals surface area contributed by atoms with E-state index in [4.69, 9.17) is 0 Å². The molecule has 0 radical (unpaired) electrons. The van der Waals surface area contributed by atoms with Gasteiger partial charge in [-0.05, 0) is 30.7 Å². The van der Waals surface area contributed by atoms with E-state index in [-0.39, 0.29) is 29.6 Å². The Morgan fingerprint density at radius 2 is 1.36 bits per heavy atom. The molecule has 28 heavy (non-hydrogen) atoms. The van der Waals surface area contributed by atoms with Crippen molar-refractivity contribution in [3.05, 3.63) is 35.9 Å². The summed E-state index contributed by atoms with van der Waals surface area (Å²) in [4.78, 5) is 42.7. The van der Waals surface area contributed by atoms with Gasteiger partial charge in [-0.3, -0.25) is 14.4 Å². The van der Waals surface area contributed by atoms with Gasteiger partial charge in [-0.2, -0.15) is 0 Å². The molecule has 1 aromatic carbocycles. The molecule has 1 aliphatic carbocycles. The quantitative estimate of drug-likeness (QED) is 0.799. The Morgan fingerprint density at radius 1 is 0.786 bits per heavy atom. The van der Waals surface area contributed by atoms with Crippen molar-refractivity contribution in [3.63, 3.8) is 0 Å². The fraction of sp³-hybridized carbons (Fsp3) is 0.591. The van der Waals surface area contributed by atoms with Crippen LogP contribution in [0.25, 0.3) is 0 Å². The number of hydrogen-bond donors (Lipinski definition) is 0. The van der Waals surface area contributed by atoms with Crippen LogP contribution in [0.3, 0.4) is 0 Å². The minimum absolute atomic E-state index is 0.0174. The summed E-state index contributed by atoms with van der Waals surface area (Å²) in [6, 6.07) is 10.3. The first kappa shape index (κ1) is 19.0. The molecule has 2 heterocycles. The van der Waals surface area contributed by atoms with E-state index in [1.54, 1.807) is 6.92 Å². The fourth-order valence-corrected chi connectivity index (χ4v) is 4.62. The van der Waals surface area contributed by atoms with E-state index in [2.05, 4.69) is 12.1 Å². The highest BCUT2D eigenvalue weighted by Gasteiger charge is 2.46. The normalized spacial score (nSPS) is 25.5. The Labute approximate surface area is 166 Å². The molecule has 3 amide bonds. The summed E-state index contributed by atoms with van der Waals surface area (Å²) in [5.74, 6) is 1.02. The third-order valence-electron chi connectivity index (χ3n) is 6.53. The van der Waals surface area contributed by atoms with Gasteiger partial charge in [-0.25, -0.2) is 0 Å². The zero-order valence-corrected chi connectivity index (χ0v) is 16.5. The van der Waals surface area contributed by atoms with E-state index < -0.39 is 0 Å². The summed E-state index contributed by atoms with van der Waals surface area (Å²) >= 11 is 0. The Morgan fingerprint density at radius 3 is 1.93 bits per heavy atom. The second kappa shape index (κ2) is 7.94. The SMILES string of the molecule is CC(=O)N1CCC(C(=O)N2CCN(C(=O)[C@H]3C[C@@H]3c3ccccc3)CC2)CC1. The van der Waals surface area contributed by atoms with Gasteiger partial charge >= 0.3 is 0 Å². The largest absolute Gasteiger partial charge is 0.343 e. The first-order valence-electron chi connectivity index (χ1n) is 10.4. The van der Waals surface area contributed by atoms with E-state index in [0.29, 0.717) is 45.2 Å². The van der Waals surface area contributed by atoms with Gasteiger partial charge < -0.3 is 14.7 Å². The van der Waals surface area contributed by atoms with Crippen molar-refractivity contribution in [3.8, 4) is 0 Å². The number of carbonyl (C=O) groups is 3. The second-order valence-corrected chi connectivity index (χ2v) is 8.29. The summed E-state index contributed by atoms with van der Waals surface area (Å²) < 4.78 is 0. The predicted octanol–water partition coefficient (Wildman–Crippen LogP) is 1.72. The lowest BCUT2D eigenvalue weighted by atomic mass is 9.95. The van der Waals surface area contributed by atoms with E-state index in [0.717, 1.165) is 19.3 Å². The van der Waals surface area contributed by atoms with Gasteiger partial charge in [0.15, 0.2) is 0 Å². The van der Waals surface area contributed by atoms with Crippen LogP contribution in [0.2, 0.25) is 0 Å². The number of piperidine rings is 1. The lowest BCUT2D eigenvalue weighted by Crippen LogP contribution is -2.53. The lowest BCUT2D eigenvalue weighted by molar-refractivity contribution is -0.144. The molecule has 1 saturated carbocycles. The molecule has 0 bridgehead atoms. The maximum absolute atomic E-state index is 12.8. The Hall–Kier alpha value is -2.37. The van der Waals surface area contributed by atoms with E-state index in [9.17, 15) is 14.4 Å². The predicted molar refractivity (Wildman–Crippen MR) is 105 cm³/mol. The maximum atomic E-state index is 12.8. The highest BCUT2D eigenvalue weighted by molar-refractivity contribution is 5.84. The maximum Gasteiger partial charge on any atom is 0.226 e. The van der Waals surface area contributed by atoms with Crippen molar-refractivity contribution in [1.29, 1.82) is 0 Å². The van der Waals surface area contributed by atoms with Crippen molar-refractivity contribution in [2.75, 3.05) is 39.3 Å². The number of piperazine rings is 1. The number of likely N-dealkylation sites (tertiary alicyclic amines) is 1. The van der Waals surface area contributed by atoms with Gasteiger partial charge in [0.1, 0.15) is 0 Å². The van der Waals surface area contributed by atoms with Crippen LogP contribution in [-0.2, 0) is 14.4 Å². The molecule has 3 aliphatic rings. The molecule has 0 spiro atoms. The van der Waals surface area contributed by atoms with Crippen LogP contribution in [0.4, 0.5) is 0 Å². The van der Waals surface area contributed by atoms with E-state index in [1.165, 1.54) is 5.56 Å². The number of amides is 3. The molecule has 2 atom stereocenters. The first-order chi connectivity index (χ1) is 13.5. The molecular formula is C22H29N3O3. The van der Waals surface area contributed by atoms with Gasteiger partial charge in [0.05, 0.1) is 0 Å². The van der Waals surface area contributed by atoms with Crippen LogP contribution >= 0.6 is 0 Å². The van der Waals surface area contributed by atoms with Gasteiger partial charge in [0.25, 0.3) is 0 Å². The third-order valence-corrected chi connectivity index (χ3v) is 6.53. The number of hydrogen-bond acceptors (Lipinski definition) is 3. The van der Waals surface area contributed by atoms with Crippen molar-refractivity contribution in [2.24, 2.45) is 11.8 Å². The molecule has 1 aromatic rings. The van der Waals surface area contributed by atoms with Crippen LogP contribution in [0.5, 0.6) is 0 Å². The molecule has 0 N–H and O–H groups in total. The average Bonchev–Trinajstić information content (AvgIpc) is 3.54. The van der Waals surface area contributed by atoms with Crippen molar-refractivity contribution in [2.45, 2.75) is 32.1 Å². The van der Waals surface area contributed by atoms with Gasteiger partial charge in [-0.1, -0.05) is 30.3 Å². The molecule has 6 nitrogen and oxygen atoms in total. The van der Waals surface area contributed by atoms with Gasteiger partial charge in [-0.15, -0.1) is 0 Å². The standard InChI is InChI=1S/C22H29N3O3/c1-16(26)23-9-7-18(8-10-23)21(27)24-11-13-25(14-12-24)22(28)20-15-19(20)17-5-3-2-4-6-17/h2-6,18-20H,7-15H2,1H3/t19-,20+/m1/s1. The summed E-state index contributed by atoms with van der Waals surface area (Å²) in [5, 5.41) is 0. The minimum Gasteiger partial charge on any atom is -0.343 e. The zero-order valence-electron chi connectivity index (χ0n) is 16.5. The van der Waals surface area contributed by atoms with Crippen molar-refractivity contribution >= 4 is 17.7 Å². The van der Waals surface area contributed by atoms with Crippen LogP contribution in [0.15, 0.2) is 30.3 Å². The Kier molecular flexibility index (Phi) is 5.38. The molecule has 2 saturated heterocycles. The molecule has 2 aliphatic heterocycles. The highest BCUT2D eigenvalue weighted by atomic mass is 16.2. The number of nitrogens with zero attached hydrogens (tertiary/aromatic N) is 3. The third kappa shape index (κ3) is 3.91. The Balaban J connectivity index is 1.24. The van der Waals surface area contributed by atoms with Crippen molar-refractivity contribution in [1.82, 2.24) is 14.7 Å².